The van der Waals surface area contributed by atoms with Crippen molar-refractivity contribution >= 4 is 10.0 Å². The lowest BCUT2D eigenvalue weighted by Crippen LogP contribution is -2.35. The number of rotatable bonds is 5. The Morgan fingerprint density at radius 3 is 2.88 bits per heavy atom. The van der Waals surface area contributed by atoms with Crippen molar-refractivity contribution in [2.45, 2.75) is 43.2 Å². The Labute approximate surface area is 145 Å². The molecule has 1 aromatic carbocycles. The molecule has 0 aliphatic carbocycles. The van der Waals surface area contributed by atoms with Crippen LogP contribution in [0.4, 0.5) is 4.39 Å². The van der Waals surface area contributed by atoms with Crippen molar-refractivity contribution in [3.63, 3.8) is 0 Å². The van der Waals surface area contributed by atoms with Crippen LogP contribution in [0.3, 0.4) is 0 Å². The molecule has 7 nitrogen and oxygen atoms in total. The molecule has 9 heteroatoms. The van der Waals surface area contributed by atoms with E-state index in [4.69, 9.17) is 9.26 Å². The number of hydrogen-bond donors (Lipinski definition) is 0. The Kier molecular flexibility index (Phi) is 5.45. The zero-order chi connectivity index (χ0) is 17.9. The summed E-state index contributed by atoms with van der Waals surface area (Å²) in [7, 11) is -2.51. The summed E-state index contributed by atoms with van der Waals surface area (Å²) in [5.74, 6) is -0.197. The third kappa shape index (κ3) is 3.73. The third-order valence-electron chi connectivity index (χ3n) is 4.18. The first kappa shape index (κ1) is 18.0. The monoisotopic (exact) mass is 369 g/mol. The summed E-state index contributed by atoms with van der Waals surface area (Å²) < 4.78 is 51.6. The first-order valence-corrected chi connectivity index (χ1v) is 9.56. The van der Waals surface area contributed by atoms with E-state index in [0.717, 1.165) is 18.9 Å². The second kappa shape index (κ2) is 7.59. The van der Waals surface area contributed by atoms with Gasteiger partial charge >= 0.3 is 0 Å². The highest BCUT2D eigenvalue weighted by Crippen LogP contribution is 2.34. The van der Waals surface area contributed by atoms with Gasteiger partial charge in [-0.25, -0.2) is 12.8 Å². The van der Waals surface area contributed by atoms with Crippen molar-refractivity contribution < 1.29 is 22.1 Å². The van der Waals surface area contributed by atoms with Gasteiger partial charge in [-0.3, -0.25) is 0 Å². The van der Waals surface area contributed by atoms with Gasteiger partial charge in [0, 0.05) is 13.7 Å². The molecule has 0 saturated carbocycles. The number of hydrogen-bond acceptors (Lipinski definition) is 6. The quantitative estimate of drug-likeness (QED) is 0.805. The van der Waals surface area contributed by atoms with Gasteiger partial charge in [-0.15, -0.1) is 0 Å². The lowest BCUT2D eigenvalue weighted by atomic mass is 10.1. The highest BCUT2D eigenvalue weighted by molar-refractivity contribution is 7.89. The van der Waals surface area contributed by atoms with E-state index in [-0.39, 0.29) is 29.8 Å². The number of methoxy groups -OCH3 is 1. The fraction of sp³-hybridized carbons (Fsp3) is 0.500. The van der Waals surface area contributed by atoms with Crippen LogP contribution >= 0.6 is 0 Å². The number of halogens is 1. The zero-order valence-electron chi connectivity index (χ0n) is 13.9. The molecule has 1 aliphatic heterocycles. The predicted octanol–water partition coefficient (Wildman–Crippen LogP) is 2.66. The summed E-state index contributed by atoms with van der Waals surface area (Å²) in [6, 6.07) is 4.81. The summed E-state index contributed by atoms with van der Waals surface area (Å²) in [5, 5.41) is 3.91. The van der Waals surface area contributed by atoms with E-state index in [1.54, 1.807) is 0 Å². The summed E-state index contributed by atoms with van der Waals surface area (Å²) >= 11 is 0. The maximum Gasteiger partial charge on any atom is 0.252 e. The Balaban J connectivity index is 1.99. The minimum absolute atomic E-state index is 0.153. The van der Waals surface area contributed by atoms with E-state index in [2.05, 4.69) is 10.1 Å². The standard InChI is InChI=1S/C16H20FN3O4S/c1-23-11-15-18-16(19-24-15)13-8-3-2-6-10-20(13)25(21,22)14-9-5-4-7-12(14)17/h4-5,7,9,13H,2-3,6,8,10-11H2,1H3/t13-/m0/s1. The molecular weight excluding hydrogens is 349 g/mol. The van der Waals surface area contributed by atoms with Crippen LogP contribution < -0.4 is 0 Å². The summed E-state index contributed by atoms with van der Waals surface area (Å²) in [5.41, 5.74) is 0. The molecule has 1 aromatic heterocycles. The normalized spacial score (nSPS) is 19.7. The van der Waals surface area contributed by atoms with E-state index in [1.807, 2.05) is 0 Å². The molecule has 1 saturated heterocycles. The van der Waals surface area contributed by atoms with Crippen molar-refractivity contribution in [1.82, 2.24) is 14.4 Å². The van der Waals surface area contributed by atoms with Crippen molar-refractivity contribution in [1.29, 1.82) is 0 Å². The highest BCUT2D eigenvalue weighted by Gasteiger charge is 2.37. The molecule has 136 valence electrons. The first-order chi connectivity index (χ1) is 12.0. The molecule has 25 heavy (non-hydrogen) atoms. The van der Waals surface area contributed by atoms with Crippen molar-refractivity contribution in [2.24, 2.45) is 0 Å². The van der Waals surface area contributed by atoms with Gasteiger partial charge in [0.1, 0.15) is 17.3 Å². The Bertz CT molecular complexity index is 824. The number of ether oxygens (including phenoxy) is 1. The van der Waals surface area contributed by atoms with Gasteiger partial charge < -0.3 is 9.26 Å². The van der Waals surface area contributed by atoms with Gasteiger partial charge in [0.2, 0.25) is 10.0 Å². The van der Waals surface area contributed by atoms with Crippen molar-refractivity contribution in [2.75, 3.05) is 13.7 Å². The molecule has 0 amide bonds. The smallest absolute Gasteiger partial charge is 0.252 e. The molecule has 2 heterocycles. The number of sulfonamides is 1. The number of nitrogens with zero attached hydrogens (tertiary/aromatic N) is 3. The maximum atomic E-state index is 14.1. The summed E-state index contributed by atoms with van der Waals surface area (Å²) in [4.78, 5) is 3.91. The van der Waals surface area contributed by atoms with Crippen LogP contribution in [-0.2, 0) is 21.4 Å². The molecule has 0 unspecified atom stereocenters. The van der Waals surface area contributed by atoms with Gasteiger partial charge in [-0.1, -0.05) is 30.1 Å². The fourth-order valence-electron chi connectivity index (χ4n) is 2.99. The topological polar surface area (TPSA) is 85.5 Å². The molecule has 0 radical (unpaired) electrons. The molecule has 1 atom stereocenters. The molecule has 0 spiro atoms. The van der Waals surface area contributed by atoms with Crippen LogP contribution in [0, 0.1) is 5.82 Å². The Hall–Kier alpha value is -1.84. The van der Waals surface area contributed by atoms with E-state index in [0.29, 0.717) is 12.8 Å². The minimum Gasteiger partial charge on any atom is -0.375 e. The molecule has 3 rings (SSSR count). The average molecular weight is 369 g/mol. The summed E-state index contributed by atoms with van der Waals surface area (Å²) in [6.07, 6.45) is 2.98. The second-order valence-electron chi connectivity index (χ2n) is 5.89. The maximum absolute atomic E-state index is 14.1. The van der Waals surface area contributed by atoms with Gasteiger partial charge in [-0.05, 0) is 25.0 Å². The molecule has 0 bridgehead atoms. The van der Waals surface area contributed by atoms with E-state index in [1.165, 1.54) is 29.6 Å². The lowest BCUT2D eigenvalue weighted by Gasteiger charge is -2.27. The van der Waals surface area contributed by atoms with Gasteiger partial charge in [0.05, 0.1) is 6.04 Å². The van der Waals surface area contributed by atoms with Crippen molar-refractivity contribution in [3.8, 4) is 0 Å². The van der Waals surface area contributed by atoms with Gasteiger partial charge in [-0.2, -0.15) is 9.29 Å². The second-order valence-corrected chi connectivity index (χ2v) is 7.75. The predicted molar refractivity (Wildman–Crippen MR) is 86.5 cm³/mol. The van der Waals surface area contributed by atoms with Crippen LogP contribution in [0.15, 0.2) is 33.7 Å². The highest BCUT2D eigenvalue weighted by atomic mass is 32.2. The first-order valence-electron chi connectivity index (χ1n) is 8.12. The number of benzene rings is 1. The third-order valence-corrected chi connectivity index (χ3v) is 6.12. The van der Waals surface area contributed by atoms with Crippen LogP contribution in [-0.4, -0.2) is 36.5 Å². The Morgan fingerprint density at radius 2 is 2.12 bits per heavy atom. The van der Waals surface area contributed by atoms with E-state index >= 15 is 0 Å². The fourth-order valence-corrected chi connectivity index (χ4v) is 4.72. The minimum atomic E-state index is -4.01. The molecular formula is C16H20FN3O4S. The van der Waals surface area contributed by atoms with Crippen LogP contribution in [0.5, 0.6) is 0 Å². The lowest BCUT2D eigenvalue weighted by molar-refractivity contribution is 0.151. The van der Waals surface area contributed by atoms with E-state index in [9.17, 15) is 12.8 Å². The average Bonchev–Trinajstić information content (AvgIpc) is 2.90. The molecule has 1 fully saturated rings. The Morgan fingerprint density at radius 1 is 1.32 bits per heavy atom. The molecule has 0 N–H and O–H groups in total. The van der Waals surface area contributed by atoms with Gasteiger partial charge in [0.15, 0.2) is 5.82 Å². The SMILES string of the molecule is COCc1nc([C@@H]2CCCCCN2S(=O)(=O)c2ccccc2F)no1. The molecule has 2 aromatic rings. The van der Waals surface area contributed by atoms with E-state index < -0.39 is 21.9 Å². The van der Waals surface area contributed by atoms with Gasteiger partial charge in [0.25, 0.3) is 5.89 Å². The largest absolute Gasteiger partial charge is 0.375 e. The molecule has 1 aliphatic rings. The number of aromatic nitrogens is 2. The van der Waals surface area contributed by atoms with Crippen molar-refractivity contribution in [3.05, 3.63) is 41.8 Å². The van der Waals surface area contributed by atoms with Crippen LogP contribution in [0.25, 0.3) is 0 Å². The summed E-state index contributed by atoms with van der Waals surface area (Å²) in [6.45, 7) is 0.440. The van der Waals surface area contributed by atoms with Crippen LogP contribution in [0.1, 0.15) is 43.4 Å². The zero-order valence-corrected chi connectivity index (χ0v) is 14.7. The van der Waals surface area contributed by atoms with Crippen LogP contribution in [0.2, 0.25) is 0 Å².